The first kappa shape index (κ1) is 28.7. The third-order valence-electron chi connectivity index (χ3n) is 7.43. The zero-order valence-corrected chi connectivity index (χ0v) is 23.3. The van der Waals surface area contributed by atoms with Crippen LogP contribution < -0.4 is 11.5 Å². The Balaban J connectivity index is 1.68. The molecule has 3 atom stereocenters. The monoisotopic (exact) mass is 537 g/mol. The molecule has 0 spiro atoms. The van der Waals surface area contributed by atoms with Crippen LogP contribution in [0.25, 0.3) is 10.8 Å². The van der Waals surface area contributed by atoms with E-state index in [1.165, 1.54) is 9.80 Å². The molecule has 0 heterocycles. The van der Waals surface area contributed by atoms with Gasteiger partial charge in [-0.3, -0.25) is 15.3 Å². The lowest BCUT2D eigenvalue weighted by Crippen LogP contribution is -2.68. The molecule has 0 radical (unpaired) electrons. The van der Waals surface area contributed by atoms with Gasteiger partial charge in [-0.2, -0.15) is 0 Å². The summed E-state index contributed by atoms with van der Waals surface area (Å²) in [4.78, 5) is 43.4. The van der Waals surface area contributed by atoms with Crippen molar-refractivity contribution in [2.24, 2.45) is 5.73 Å². The van der Waals surface area contributed by atoms with E-state index in [1.807, 2.05) is 85.8 Å². The normalized spacial score (nSPS) is 13.3. The summed E-state index contributed by atoms with van der Waals surface area (Å²) in [6, 6.07) is 28.9. The van der Waals surface area contributed by atoms with Crippen molar-refractivity contribution in [2.75, 3.05) is 14.1 Å². The molecular formula is C33H37N4O3+. The van der Waals surface area contributed by atoms with Crippen molar-refractivity contribution in [1.82, 2.24) is 9.80 Å². The molecule has 206 valence electrons. The van der Waals surface area contributed by atoms with E-state index in [1.54, 1.807) is 32.3 Å². The highest BCUT2D eigenvalue weighted by molar-refractivity contribution is 5.98. The van der Waals surface area contributed by atoms with Gasteiger partial charge >= 0.3 is 5.91 Å². The van der Waals surface area contributed by atoms with Crippen LogP contribution >= 0.6 is 0 Å². The maximum absolute atomic E-state index is 14.1. The number of nitrogens with zero attached hydrogens (tertiary/aromatic N) is 2. The Morgan fingerprint density at radius 1 is 0.725 bits per heavy atom. The fourth-order valence-corrected chi connectivity index (χ4v) is 4.97. The Morgan fingerprint density at radius 3 is 2.05 bits per heavy atom. The van der Waals surface area contributed by atoms with Gasteiger partial charge in [0, 0.05) is 38.5 Å². The first-order valence-corrected chi connectivity index (χ1v) is 13.4. The second-order valence-corrected chi connectivity index (χ2v) is 10.4. The van der Waals surface area contributed by atoms with Gasteiger partial charge in [-0.15, -0.1) is 0 Å². The molecule has 0 aliphatic rings. The molecule has 7 nitrogen and oxygen atoms in total. The minimum absolute atomic E-state index is 0.235. The second-order valence-electron chi connectivity index (χ2n) is 10.4. The zero-order valence-electron chi connectivity index (χ0n) is 23.3. The highest BCUT2D eigenvalue weighted by Gasteiger charge is 2.36. The van der Waals surface area contributed by atoms with Crippen LogP contribution in [0.2, 0.25) is 0 Å². The van der Waals surface area contributed by atoms with Crippen molar-refractivity contribution in [3.05, 3.63) is 119 Å². The molecular weight excluding hydrogens is 500 g/mol. The zero-order chi connectivity index (χ0) is 28.8. The summed E-state index contributed by atoms with van der Waals surface area (Å²) in [6.45, 7) is 1.86. The molecule has 40 heavy (non-hydrogen) atoms. The van der Waals surface area contributed by atoms with Crippen molar-refractivity contribution in [3.63, 3.8) is 0 Å². The van der Waals surface area contributed by atoms with Crippen molar-refractivity contribution in [2.45, 2.75) is 37.9 Å². The van der Waals surface area contributed by atoms with Crippen LogP contribution in [0.3, 0.4) is 0 Å². The highest BCUT2D eigenvalue weighted by Crippen LogP contribution is 2.21. The van der Waals surface area contributed by atoms with Gasteiger partial charge in [-0.1, -0.05) is 84.9 Å². The Labute approximate surface area is 235 Å². The molecule has 4 aromatic rings. The summed E-state index contributed by atoms with van der Waals surface area (Å²) in [5.41, 5.74) is 12.8. The molecule has 3 unspecified atom stereocenters. The molecule has 0 aliphatic heterocycles. The standard InChI is InChI=1S/C33H36N4O3/c1-22(34)26-14-9-15-28(21-26)32(39)37(3)30(20-24-16-17-25-12-7-8-13-27(25)18-24)33(40)36(2)29(31(35)38)19-23-10-5-4-6-11-23/h4-18,21-22,29-30H,19-20,34H2,1-3H3,(H2,35,38)/p+1. The summed E-state index contributed by atoms with van der Waals surface area (Å²) in [6.07, 6.45) is 0.620. The molecule has 0 saturated heterocycles. The van der Waals surface area contributed by atoms with E-state index in [9.17, 15) is 14.4 Å². The number of likely N-dealkylation sites (N-methyl/N-ethyl adjacent to an activating group) is 2. The van der Waals surface area contributed by atoms with Gasteiger partial charge in [-0.05, 0) is 46.5 Å². The quantitative estimate of drug-likeness (QED) is 0.323. The number of hydrogen-bond donors (Lipinski definition) is 2. The van der Waals surface area contributed by atoms with Crippen molar-refractivity contribution in [1.29, 1.82) is 0 Å². The average molecular weight is 538 g/mol. The Morgan fingerprint density at radius 2 is 1.38 bits per heavy atom. The molecule has 7 heteroatoms. The summed E-state index contributed by atoms with van der Waals surface area (Å²) >= 11 is 0. The second kappa shape index (κ2) is 12.7. The third-order valence-corrected chi connectivity index (χ3v) is 7.43. The number of carbonyl (C=O) groups excluding carboxylic acids is 3. The van der Waals surface area contributed by atoms with E-state index in [0.717, 1.165) is 27.5 Å². The summed E-state index contributed by atoms with van der Waals surface area (Å²) in [5, 5.41) is 2.14. The highest BCUT2D eigenvalue weighted by atomic mass is 16.2. The van der Waals surface area contributed by atoms with E-state index < -0.39 is 12.1 Å². The van der Waals surface area contributed by atoms with Crippen molar-refractivity contribution >= 4 is 28.5 Å². The Bertz CT molecular complexity index is 1500. The lowest BCUT2D eigenvalue weighted by atomic mass is 9.98. The first-order valence-electron chi connectivity index (χ1n) is 13.4. The number of fused-ring (bicyclic) bond motifs is 1. The van der Waals surface area contributed by atoms with Crippen LogP contribution in [0.1, 0.15) is 40.0 Å². The summed E-state index contributed by atoms with van der Waals surface area (Å²) < 4.78 is 0. The Kier molecular flexibility index (Phi) is 9.09. The van der Waals surface area contributed by atoms with Crippen LogP contribution in [0.4, 0.5) is 0 Å². The van der Waals surface area contributed by atoms with Gasteiger partial charge in [0.25, 0.3) is 5.91 Å². The number of amides is 3. The SMILES string of the molecule is CC(N)c1cccc(C(=O)N(C)C(Cc2ccc3ccccc3c2)C(=O)N(C)C(Cc2ccccc2)C([NH3+])=O)c1. The molecule has 0 bridgehead atoms. The fourth-order valence-electron chi connectivity index (χ4n) is 4.97. The maximum atomic E-state index is 14.1. The van der Waals surface area contributed by atoms with Crippen molar-refractivity contribution in [3.8, 4) is 0 Å². The predicted molar refractivity (Wildman–Crippen MR) is 157 cm³/mol. The smallest absolute Gasteiger partial charge is 0.329 e. The van der Waals surface area contributed by atoms with E-state index in [4.69, 9.17) is 5.73 Å². The van der Waals surface area contributed by atoms with Crippen LogP contribution in [-0.4, -0.2) is 53.7 Å². The molecule has 4 rings (SSSR count). The largest absolute Gasteiger partial charge is 0.331 e. The topological polar surface area (TPSA) is 111 Å². The molecule has 0 aliphatic carbocycles. The minimum Gasteiger partial charge on any atom is -0.329 e. The molecule has 4 aromatic carbocycles. The first-order chi connectivity index (χ1) is 19.2. The Hall–Kier alpha value is -4.33. The molecule has 0 saturated carbocycles. The minimum atomic E-state index is -0.852. The van der Waals surface area contributed by atoms with Gasteiger partial charge in [-0.25, -0.2) is 4.79 Å². The number of carbonyl (C=O) groups is 3. The predicted octanol–water partition coefficient (Wildman–Crippen LogP) is 3.38. The maximum Gasteiger partial charge on any atom is 0.331 e. The van der Waals surface area contributed by atoms with Gasteiger partial charge in [0.2, 0.25) is 5.91 Å². The van der Waals surface area contributed by atoms with E-state index in [-0.39, 0.29) is 30.2 Å². The molecule has 3 amide bonds. The van der Waals surface area contributed by atoms with Gasteiger partial charge in [0.05, 0.1) is 0 Å². The van der Waals surface area contributed by atoms with E-state index in [2.05, 4.69) is 5.73 Å². The summed E-state index contributed by atoms with van der Waals surface area (Å²) in [7, 11) is 3.25. The summed E-state index contributed by atoms with van der Waals surface area (Å²) in [5.74, 6) is -0.983. The number of hydrogen-bond acceptors (Lipinski definition) is 4. The van der Waals surface area contributed by atoms with Crippen LogP contribution in [-0.2, 0) is 22.4 Å². The number of rotatable bonds is 10. The molecule has 0 aromatic heterocycles. The lowest BCUT2D eigenvalue weighted by Gasteiger charge is -2.33. The van der Waals surface area contributed by atoms with Crippen LogP contribution in [0.5, 0.6) is 0 Å². The number of benzene rings is 4. The lowest BCUT2D eigenvalue weighted by molar-refractivity contribution is -0.311. The molecule has 0 fully saturated rings. The third kappa shape index (κ3) is 6.62. The number of quaternary nitrogens is 1. The van der Waals surface area contributed by atoms with E-state index in [0.29, 0.717) is 12.0 Å². The fraction of sp³-hybridized carbons (Fsp3) is 0.242. The van der Waals surface area contributed by atoms with Crippen molar-refractivity contribution < 1.29 is 20.1 Å². The van der Waals surface area contributed by atoms with Gasteiger partial charge < -0.3 is 15.5 Å². The van der Waals surface area contributed by atoms with E-state index >= 15 is 0 Å². The molecule has 5 N–H and O–H groups in total. The van der Waals surface area contributed by atoms with Gasteiger partial charge in [0.1, 0.15) is 6.04 Å². The average Bonchev–Trinajstić information content (AvgIpc) is 2.97. The van der Waals surface area contributed by atoms with Crippen LogP contribution in [0, 0.1) is 0 Å². The van der Waals surface area contributed by atoms with Crippen LogP contribution in [0.15, 0.2) is 97.1 Å². The number of nitrogens with two attached hydrogens (primary N) is 1. The van der Waals surface area contributed by atoms with Gasteiger partial charge in [0.15, 0.2) is 6.04 Å².